The third-order valence-corrected chi connectivity index (χ3v) is 4.38. The number of H-pyrrole nitrogens is 1. The number of hydrogen-bond acceptors (Lipinski definition) is 4. The van der Waals surface area contributed by atoms with Crippen molar-refractivity contribution in [3.05, 3.63) is 87.5 Å². The fraction of sp³-hybridized carbons (Fsp3) is 0.0500. The highest BCUT2D eigenvalue weighted by atomic mass is 35.5. The first-order valence-electron chi connectivity index (χ1n) is 8.22. The lowest BCUT2D eigenvalue weighted by Gasteiger charge is -2.05. The Morgan fingerprint density at radius 3 is 2.56 bits per heavy atom. The van der Waals surface area contributed by atoms with Gasteiger partial charge in [0.05, 0.1) is 11.9 Å². The second-order valence-corrected chi connectivity index (χ2v) is 6.34. The summed E-state index contributed by atoms with van der Waals surface area (Å²) >= 11 is 5.89. The van der Waals surface area contributed by atoms with Crippen molar-refractivity contribution in [2.24, 2.45) is 0 Å². The predicted octanol–water partition coefficient (Wildman–Crippen LogP) is 3.77. The van der Waals surface area contributed by atoms with Crippen LogP contribution >= 0.6 is 11.6 Å². The van der Waals surface area contributed by atoms with Crippen LogP contribution in [0.2, 0.25) is 5.02 Å². The lowest BCUT2D eigenvalue weighted by Crippen LogP contribution is -2.26. The monoisotopic (exact) mass is 379 g/mol. The Hall–Kier alpha value is -3.38. The van der Waals surface area contributed by atoms with Gasteiger partial charge in [0.15, 0.2) is 5.69 Å². The SMILES string of the molecule is O=C(NCc1ccc(-c2ccc(Cl)cc2)o1)c1n[nH]c(=O)c2ccccc12. The van der Waals surface area contributed by atoms with Crippen molar-refractivity contribution in [1.82, 2.24) is 15.5 Å². The number of hydrogen-bond donors (Lipinski definition) is 2. The van der Waals surface area contributed by atoms with E-state index in [0.717, 1.165) is 5.56 Å². The number of nitrogens with one attached hydrogen (secondary N) is 2. The molecule has 0 atom stereocenters. The van der Waals surface area contributed by atoms with Crippen LogP contribution in [-0.4, -0.2) is 16.1 Å². The molecular weight excluding hydrogens is 366 g/mol. The Bertz CT molecular complexity index is 1180. The largest absolute Gasteiger partial charge is 0.459 e. The summed E-state index contributed by atoms with van der Waals surface area (Å²) < 4.78 is 5.77. The van der Waals surface area contributed by atoms with E-state index >= 15 is 0 Å². The Labute approximate surface area is 158 Å². The Balaban J connectivity index is 1.51. The van der Waals surface area contributed by atoms with Crippen LogP contribution in [0.4, 0.5) is 0 Å². The molecule has 1 amide bonds. The van der Waals surface area contributed by atoms with Gasteiger partial charge in [-0.2, -0.15) is 5.10 Å². The van der Waals surface area contributed by atoms with Gasteiger partial charge in [-0.05, 0) is 42.5 Å². The van der Waals surface area contributed by atoms with E-state index in [-0.39, 0.29) is 17.8 Å². The maximum Gasteiger partial charge on any atom is 0.272 e. The second kappa shape index (κ2) is 7.09. The van der Waals surface area contributed by atoms with E-state index in [1.54, 1.807) is 42.5 Å². The number of benzene rings is 2. The molecule has 0 radical (unpaired) electrons. The number of aromatic amines is 1. The Morgan fingerprint density at radius 1 is 1.04 bits per heavy atom. The Kier molecular flexibility index (Phi) is 4.48. The molecule has 134 valence electrons. The molecule has 7 heteroatoms. The van der Waals surface area contributed by atoms with E-state index in [1.807, 2.05) is 18.2 Å². The van der Waals surface area contributed by atoms with Gasteiger partial charge < -0.3 is 9.73 Å². The molecule has 2 aromatic heterocycles. The molecule has 0 saturated heterocycles. The summed E-state index contributed by atoms with van der Waals surface area (Å²) in [4.78, 5) is 24.3. The smallest absolute Gasteiger partial charge is 0.272 e. The fourth-order valence-corrected chi connectivity index (χ4v) is 2.91. The molecule has 0 unspecified atom stereocenters. The summed E-state index contributed by atoms with van der Waals surface area (Å²) in [6.07, 6.45) is 0. The van der Waals surface area contributed by atoms with Crippen molar-refractivity contribution in [3.63, 3.8) is 0 Å². The average Bonchev–Trinajstić information content (AvgIpc) is 3.16. The molecule has 0 aliphatic carbocycles. The van der Waals surface area contributed by atoms with Crippen molar-refractivity contribution in [1.29, 1.82) is 0 Å². The van der Waals surface area contributed by atoms with Crippen molar-refractivity contribution >= 4 is 28.3 Å². The first kappa shape index (κ1) is 17.1. The topological polar surface area (TPSA) is 88.0 Å². The van der Waals surface area contributed by atoms with E-state index in [2.05, 4.69) is 15.5 Å². The van der Waals surface area contributed by atoms with Crippen LogP contribution in [0.15, 0.2) is 69.9 Å². The van der Waals surface area contributed by atoms with Gasteiger partial charge in [-0.25, -0.2) is 5.10 Å². The quantitative estimate of drug-likeness (QED) is 0.565. The molecule has 0 saturated carbocycles. The number of furan rings is 1. The summed E-state index contributed by atoms with van der Waals surface area (Å²) in [7, 11) is 0. The zero-order valence-electron chi connectivity index (χ0n) is 14.0. The molecule has 0 aliphatic rings. The van der Waals surface area contributed by atoms with Gasteiger partial charge in [-0.1, -0.05) is 29.8 Å². The molecule has 2 N–H and O–H groups in total. The van der Waals surface area contributed by atoms with Gasteiger partial charge in [0.1, 0.15) is 11.5 Å². The third kappa shape index (κ3) is 3.47. The predicted molar refractivity (Wildman–Crippen MR) is 103 cm³/mol. The second-order valence-electron chi connectivity index (χ2n) is 5.90. The minimum absolute atomic E-state index is 0.162. The summed E-state index contributed by atoms with van der Waals surface area (Å²) in [5.41, 5.74) is 0.723. The molecule has 27 heavy (non-hydrogen) atoms. The van der Waals surface area contributed by atoms with E-state index < -0.39 is 5.91 Å². The highest BCUT2D eigenvalue weighted by Gasteiger charge is 2.14. The molecule has 6 nitrogen and oxygen atoms in total. The molecule has 2 heterocycles. The molecular formula is C20H14ClN3O3. The van der Waals surface area contributed by atoms with Gasteiger partial charge in [0.25, 0.3) is 11.5 Å². The molecule has 0 bridgehead atoms. The summed E-state index contributed by atoms with van der Waals surface area (Å²) in [5, 5.41) is 10.6. The van der Waals surface area contributed by atoms with Crippen molar-refractivity contribution in [2.45, 2.75) is 6.54 Å². The maximum atomic E-state index is 12.5. The van der Waals surface area contributed by atoms with E-state index in [0.29, 0.717) is 27.3 Å². The number of carbonyl (C=O) groups is 1. The van der Waals surface area contributed by atoms with Crippen LogP contribution in [-0.2, 0) is 6.54 Å². The zero-order chi connectivity index (χ0) is 18.8. The molecule has 4 rings (SSSR count). The lowest BCUT2D eigenvalue weighted by atomic mass is 10.1. The first-order valence-corrected chi connectivity index (χ1v) is 8.60. The third-order valence-electron chi connectivity index (χ3n) is 4.12. The number of fused-ring (bicyclic) bond motifs is 1. The molecule has 0 spiro atoms. The number of aromatic nitrogens is 2. The molecule has 0 fully saturated rings. The van der Waals surface area contributed by atoms with Gasteiger partial charge in [0.2, 0.25) is 0 Å². The number of nitrogens with zero attached hydrogens (tertiary/aromatic N) is 1. The van der Waals surface area contributed by atoms with Crippen LogP contribution in [0.1, 0.15) is 16.2 Å². The van der Waals surface area contributed by atoms with Gasteiger partial charge in [0, 0.05) is 16.0 Å². The first-order chi connectivity index (χ1) is 13.1. The summed E-state index contributed by atoms with van der Waals surface area (Å²) in [5.74, 6) is 0.887. The van der Waals surface area contributed by atoms with Crippen LogP contribution < -0.4 is 10.9 Å². The highest BCUT2D eigenvalue weighted by Crippen LogP contribution is 2.23. The standard InChI is InChI=1S/C20H14ClN3O3/c21-13-7-5-12(6-8-13)17-10-9-14(27-17)11-22-20(26)18-15-3-1-2-4-16(15)19(25)24-23-18/h1-10H,11H2,(H,22,26)(H,24,25). The highest BCUT2D eigenvalue weighted by molar-refractivity contribution is 6.30. The van der Waals surface area contributed by atoms with E-state index in [4.69, 9.17) is 16.0 Å². The number of halogens is 1. The van der Waals surface area contributed by atoms with Crippen LogP contribution in [0.5, 0.6) is 0 Å². The number of rotatable bonds is 4. The molecule has 2 aromatic carbocycles. The lowest BCUT2D eigenvalue weighted by molar-refractivity contribution is 0.0944. The van der Waals surface area contributed by atoms with Gasteiger partial charge in [-0.15, -0.1) is 0 Å². The van der Waals surface area contributed by atoms with Crippen molar-refractivity contribution < 1.29 is 9.21 Å². The number of carbonyl (C=O) groups excluding carboxylic acids is 1. The minimum Gasteiger partial charge on any atom is -0.459 e. The average molecular weight is 380 g/mol. The van der Waals surface area contributed by atoms with Crippen LogP contribution in [0, 0.1) is 0 Å². The summed E-state index contributed by atoms with van der Waals surface area (Å²) in [6.45, 7) is 0.196. The molecule has 4 aromatic rings. The normalized spacial score (nSPS) is 10.9. The van der Waals surface area contributed by atoms with E-state index in [9.17, 15) is 9.59 Å². The van der Waals surface area contributed by atoms with Gasteiger partial charge >= 0.3 is 0 Å². The van der Waals surface area contributed by atoms with Crippen molar-refractivity contribution in [2.75, 3.05) is 0 Å². The number of amides is 1. The maximum absolute atomic E-state index is 12.5. The fourth-order valence-electron chi connectivity index (χ4n) is 2.78. The summed E-state index contributed by atoms with van der Waals surface area (Å²) in [6, 6.07) is 17.8. The van der Waals surface area contributed by atoms with Crippen LogP contribution in [0.25, 0.3) is 22.1 Å². The van der Waals surface area contributed by atoms with Crippen LogP contribution in [0.3, 0.4) is 0 Å². The zero-order valence-corrected chi connectivity index (χ0v) is 14.8. The van der Waals surface area contributed by atoms with Crippen molar-refractivity contribution in [3.8, 4) is 11.3 Å². The Morgan fingerprint density at radius 2 is 1.78 bits per heavy atom. The van der Waals surface area contributed by atoms with E-state index in [1.165, 1.54) is 0 Å². The van der Waals surface area contributed by atoms with Gasteiger partial charge in [-0.3, -0.25) is 9.59 Å². The minimum atomic E-state index is -0.396. The molecule has 0 aliphatic heterocycles.